The lowest BCUT2D eigenvalue weighted by Crippen LogP contribution is -2.26. The number of aliphatic hydroxyl groups excluding tert-OH is 1. The van der Waals surface area contributed by atoms with Gasteiger partial charge in [0.1, 0.15) is 24.3 Å². The van der Waals surface area contributed by atoms with Crippen molar-refractivity contribution in [2.75, 3.05) is 18.5 Å². The van der Waals surface area contributed by atoms with Crippen LogP contribution in [0.1, 0.15) is 11.1 Å². The number of aryl methyl sites for hydroxylation is 2. The number of hydrogen-bond donors (Lipinski definition) is 2. The Hall–Kier alpha value is -2.07. The van der Waals surface area contributed by atoms with Crippen LogP contribution in [0.2, 0.25) is 0 Å². The van der Waals surface area contributed by atoms with Gasteiger partial charge in [-0.3, -0.25) is 0 Å². The summed E-state index contributed by atoms with van der Waals surface area (Å²) in [6, 6.07) is 12.4. The molecule has 0 saturated heterocycles. The van der Waals surface area contributed by atoms with Crippen molar-refractivity contribution in [1.82, 2.24) is 0 Å². The molecule has 0 aliphatic heterocycles. The first-order valence-electron chi connectivity index (χ1n) is 6.92. The van der Waals surface area contributed by atoms with Gasteiger partial charge >= 0.3 is 0 Å². The standard InChI is InChI=1S/C17H20FNO2/c1-12-3-6-15(7-4-12)21-11-14(20)10-19-17-9-13(2)5-8-16(17)18/h3-9,14,19-20H,10-11H2,1-2H3. The Morgan fingerprint density at radius 2 is 1.76 bits per heavy atom. The minimum absolute atomic E-state index is 0.156. The van der Waals surface area contributed by atoms with Gasteiger partial charge in [-0.15, -0.1) is 0 Å². The number of nitrogens with one attached hydrogen (secondary N) is 1. The van der Waals surface area contributed by atoms with E-state index < -0.39 is 6.10 Å². The normalized spacial score (nSPS) is 12.0. The van der Waals surface area contributed by atoms with Gasteiger partial charge in [-0.25, -0.2) is 4.39 Å². The number of anilines is 1. The van der Waals surface area contributed by atoms with Crippen LogP contribution in [0.3, 0.4) is 0 Å². The highest BCUT2D eigenvalue weighted by molar-refractivity contribution is 5.47. The van der Waals surface area contributed by atoms with Crippen molar-refractivity contribution in [1.29, 1.82) is 0 Å². The zero-order valence-electron chi connectivity index (χ0n) is 12.3. The average molecular weight is 289 g/mol. The Morgan fingerprint density at radius 3 is 2.48 bits per heavy atom. The molecule has 3 nitrogen and oxygen atoms in total. The Kier molecular flexibility index (Phi) is 5.17. The molecule has 0 fully saturated rings. The van der Waals surface area contributed by atoms with Crippen molar-refractivity contribution in [2.45, 2.75) is 20.0 Å². The van der Waals surface area contributed by atoms with Crippen LogP contribution < -0.4 is 10.1 Å². The van der Waals surface area contributed by atoms with Gasteiger partial charge in [0.2, 0.25) is 0 Å². The van der Waals surface area contributed by atoms with Crippen LogP contribution in [0.15, 0.2) is 42.5 Å². The van der Waals surface area contributed by atoms with Crippen LogP contribution >= 0.6 is 0 Å². The van der Waals surface area contributed by atoms with Crippen LogP contribution in [0.5, 0.6) is 5.75 Å². The van der Waals surface area contributed by atoms with Crippen molar-refractivity contribution < 1.29 is 14.2 Å². The van der Waals surface area contributed by atoms with Crippen LogP contribution in [0.4, 0.5) is 10.1 Å². The first kappa shape index (κ1) is 15.3. The summed E-state index contributed by atoms with van der Waals surface area (Å²) in [6.45, 7) is 4.27. The van der Waals surface area contributed by atoms with Crippen LogP contribution in [0, 0.1) is 19.7 Å². The second-order valence-electron chi connectivity index (χ2n) is 5.14. The average Bonchev–Trinajstić information content (AvgIpc) is 2.47. The molecule has 0 bridgehead atoms. The molecule has 2 aromatic rings. The Labute approximate surface area is 124 Å². The smallest absolute Gasteiger partial charge is 0.146 e. The maximum absolute atomic E-state index is 13.5. The van der Waals surface area contributed by atoms with Gasteiger partial charge in [-0.2, -0.15) is 0 Å². The number of ether oxygens (including phenoxy) is 1. The Balaban J connectivity index is 1.80. The molecule has 0 amide bonds. The van der Waals surface area contributed by atoms with E-state index in [1.54, 1.807) is 12.1 Å². The molecule has 0 spiro atoms. The maximum atomic E-state index is 13.5. The van der Waals surface area contributed by atoms with Gasteiger partial charge in [0.15, 0.2) is 0 Å². The minimum atomic E-state index is -0.716. The maximum Gasteiger partial charge on any atom is 0.146 e. The van der Waals surface area contributed by atoms with Gasteiger partial charge in [0, 0.05) is 6.54 Å². The molecule has 112 valence electrons. The molecule has 0 aromatic heterocycles. The van der Waals surface area contributed by atoms with E-state index in [-0.39, 0.29) is 19.0 Å². The van der Waals surface area contributed by atoms with E-state index in [1.807, 2.05) is 38.1 Å². The summed E-state index contributed by atoms with van der Waals surface area (Å²) in [5.41, 5.74) is 2.51. The molecule has 0 radical (unpaired) electrons. The molecule has 0 heterocycles. The molecule has 0 saturated carbocycles. The van der Waals surface area contributed by atoms with E-state index in [2.05, 4.69) is 5.32 Å². The number of hydrogen-bond acceptors (Lipinski definition) is 3. The van der Waals surface area contributed by atoms with Gasteiger partial charge in [0.05, 0.1) is 5.69 Å². The summed E-state index contributed by atoms with van der Waals surface area (Å²) < 4.78 is 19.0. The molecular formula is C17H20FNO2. The first-order chi connectivity index (χ1) is 10.0. The van der Waals surface area contributed by atoms with E-state index in [4.69, 9.17) is 4.74 Å². The fraction of sp³-hybridized carbons (Fsp3) is 0.294. The molecule has 2 rings (SSSR count). The number of aliphatic hydroxyl groups is 1. The number of rotatable bonds is 6. The van der Waals surface area contributed by atoms with Crippen LogP contribution in [-0.2, 0) is 0 Å². The molecule has 2 aromatic carbocycles. The van der Waals surface area contributed by atoms with Gasteiger partial charge in [-0.1, -0.05) is 23.8 Å². The molecule has 4 heteroatoms. The van der Waals surface area contributed by atoms with E-state index in [1.165, 1.54) is 6.07 Å². The number of benzene rings is 2. The fourth-order valence-corrected chi connectivity index (χ4v) is 1.89. The lowest BCUT2D eigenvalue weighted by atomic mass is 10.2. The first-order valence-corrected chi connectivity index (χ1v) is 6.92. The predicted octanol–water partition coefficient (Wildman–Crippen LogP) is 3.29. The predicted molar refractivity (Wildman–Crippen MR) is 82.3 cm³/mol. The highest BCUT2D eigenvalue weighted by Gasteiger charge is 2.07. The fourth-order valence-electron chi connectivity index (χ4n) is 1.89. The monoisotopic (exact) mass is 289 g/mol. The van der Waals surface area contributed by atoms with Gasteiger partial charge in [0.25, 0.3) is 0 Å². The molecule has 21 heavy (non-hydrogen) atoms. The van der Waals surface area contributed by atoms with Gasteiger partial charge < -0.3 is 15.2 Å². The van der Waals surface area contributed by atoms with Crippen molar-refractivity contribution in [3.8, 4) is 5.75 Å². The lowest BCUT2D eigenvalue weighted by Gasteiger charge is -2.15. The summed E-state index contributed by atoms with van der Waals surface area (Å²) in [4.78, 5) is 0. The van der Waals surface area contributed by atoms with E-state index in [0.717, 1.165) is 11.1 Å². The molecular weight excluding hydrogens is 269 g/mol. The summed E-state index contributed by atoms with van der Waals surface area (Å²) in [5, 5.41) is 12.8. The zero-order valence-corrected chi connectivity index (χ0v) is 12.3. The van der Waals surface area contributed by atoms with Crippen molar-refractivity contribution in [2.24, 2.45) is 0 Å². The Bertz CT molecular complexity index is 584. The number of halogens is 1. The third-order valence-corrected chi connectivity index (χ3v) is 3.11. The van der Waals surface area contributed by atoms with E-state index in [9.17, 15) is 9.50 Å². The highest BCUT2D eigenvalue weighted by atomic mass is 19.1. The second-order valence-corrected chi connectivity index (χ2v) is 5.14. The van der Waals surface area contributed by atoms with E-state index >= 15 is 0 Å². The molecule has 2 N–H and O–H groups in total. The third-order valence-electron chi connectivity index (χ3n) is 3.11. The summed E-state index contributed by atoms with van der Waals surface area (Å²) >= 11 is 0. The molecule has 0 aliphatic carbocycles. The minimum Gasteiger partial charge on any atom is -0.491 e. The van der Waals surface area contributed by atoms with Crippen LogP contribution in [-0.4, -0.2) is 24.4 Å². The zero-order chi connectivity index (χ0) is 15.2. The quantitative estimate of drug-likeness (QED) is 0.857. The molecule has 1 atom stereocenters. The summed E-state index contributed by atoms with van der Waals surface area (Å²) in [6.07, 6.45) is -0.716. The topological polar surface area (TPSA) is 41.5 Å². The lowest BCUT2D eigenvalue weighted by molar-refractivity contribution is 0.117. The van der Waals surface area contributed by atoms with E-state index in [0.29, 0.717) is 11.4 Å². The SMILES string of the molecule is Cc1ccc(OCC(O)CNc2cc(C)ccc2F)cc1. The molecule has 1 unspecified atom stereocenters. The summed E-state index contributed by atoms with van der Waals surface area (Å²) in [5.74, 6) is 0.383. The largest absolute Gasteiger partial charge is 0.491 e. The second kappa shape index (κ2) is 7.09. The highest BCUT2D eigenvalue weighted by Crippen LogP contribution is 2.16. The molecule has 0 aliphatic rings. The van der Waals surface area contributed by atoms with Crippen molar-refractivity contribution in [3.05, 3.63) is 59.4 Å². The Morgan fingerprint density at radius 1 is 1.10 bits per heavy atom. The third kappa shape index (κ3) is 4.76. The van der Waals surface area contributed by atoms with Crippen molar-refractivity contribution >= 4 is 5.69 Å². The van der Waals surface area contributed by atoms with Crippen LogP contribution in [0.25, 0.3) is 0 Å². The van der Waals surface area contributed by atoms with Crippen molar-refractivity contribution in [3.63, 3.8) is 0 Å². The van der Waals surface area contributed by atoms with Gasteiger partial charge in [-0.05, 0) is 43.7 Å². The summed E-state index contributed by atoms with van der Waals surface area (Å²) in [7, 11) is 0.